The number of ether oxygens (including phenoxy) is 1. The summed E-state index contributed by atoms with van der Waals surface area (Å²) in [5, 5.41) is 3.16. The summed E-state index contributed by atoms with van der Waals surface area (Å²) in [5.41, 5.74) is 5.90. The zero-order valence-corrected chi connectivity index (χ0v) is 12.1. The molecule has 2 saturated heterocycles. The third-order valence-electron chi connectivity index (χ3n) is 3.99. The fourth-order valence-electron chi connectivity index (χ4n) is 2.58. The van der Waals surface area contributed by atoms with Gasteiger partial charge in [-0.15, -0.1) is 0 Å². The molecule has 2 rings (SSSR count). The van der Waals surface area contributed by atoms with Gasteiger partial charge in [-0.1, -0.05) is 0 Å². The molecule has 2 heterocycles. The molecule has 0 amide bonds. The summed E-state index contributed by atoms with van der Waals surface area (Å²) in [4.78, 5) is 9.15. The van der Waals surface area contributed by atoms with Gasteiger partial charge in [0.05, 0.1) is 12.6 Å². The van der Waals surface area contributed by atoms with Crippen LogP contribution in [-0.2, 0) is 4.74 Å². The van der Waals surface area contributed by atoms with Gasteiger partial charge in [-0.2, -0.15) is 0 Å². The number of rotatable bonds is 4. The normalized spacial score (nSPS) is 30.7. The van der Waals surface area contributed by atoms with Crippen molar-refractivity contribution >= 4 is 5.96 Å². The number of nitrogens with two attached hydrogens (primary N) is 1. The van der Waals surface area contributed by atoms with Crippen molar-refractivity contribution in [2.75, 3.05) is 53.4 Å². The molecule has 3 N–H and O–H groups in total. The molecular formula is C13H27N5O. The Morgan fingerprint density at radius 2 is 2.26 bits per heavy atom. The van der Waals surface area contributed by atoms with Gasteiger partial charge in [0.25, 0.3) is 0 Å². The maximum absolute atomic E-state index is 5.90. The Hall–Kier alpha value is -0.850. The average Bonchev–Trinajstić information content (AvgIpc) is 2.90. The van der Waals surface area contributed by atoms with Crippen molar-refractivity contribution < 1.29 is 4.74 Å². The molecule has 19 heavy (non-hydrogen) atoms. The highest BCUT2D eigenvalue weighted by atomic mass is 16.5. The van der Waals surface area contributed by atoms with Crippen molar-refractivity contribution in [2.45, 2.75) is 25.0 Å². The van der Waals surface area contributed by atoms with Crippen LogP contribution in [-0.4, -0.2) is 81.3 Å². The molecule has 0 aromatic heterocycles. The molecule has 0 aliphatic carbocycles. The first-order chi connectivity index (χ1) is 9.15. The van der Waals surface area contributed by atoms with Crippen molar-refractivity contribution in [1.82, 2.24) is 15.1 Å². The van der Waals surface area contributed by atoms with E-state index in [0.29, 0.717) is 18.1 Å². The van der Waals surface area contributed by atoms with E-state index in [9.17, 15) is 0 Å². The molecule has 0 bridgehead atoms. The van der Waals surface area contributed by atoms with Crippen LogP contribution in [0.5, 0.6) is 0 Å². The summed E-state index contributed by atoms with van der Waals surface area (Å²) in [5.74, 6) is 0.539. The molecule has 6 nitrogen and oxygen atoms in total. The summed E-state index contributed by atoms with van der Waals surface area (Å²) in [6.07, 6.45) is 2.58. The zero-order chi connectivity index (χ0) is 13.7. The lowest BCUT2D eigenvalue weighted by atomic mass is 10.2. The van der Waals surface area contributed by atoms with Crippen molar-refractivity contribution in [3.63, 3.8) is 0 Å². The second kappa shape index (κ2) is 7.07. The number of nitrogens with one attached hydrogen (secondary N) is 1. The van der Waals surface area contributed by atoms with E-state index < -0.39 is 0 Å². The predicted octanol–water partition coefficient (Wildman–Crippen LogP) is -0.684. The van der Waals surface area contributed by atoms with E-state index in [1.807, 2.05) is 0 Å². The number of nitrogens with zero attached hydrogens (tertiary/aromatic N) is 3. The highest BCUT2D eigenvalue weighted by molar-refractivity contribution is 5.77. The summed E-state index contributed by atoms with van der Waals surface area (Å²) >= 11 is 0. The van der Waals surface area contributed by atoms with Crippen LogP contribution in [0.4, 0.5) is 0 Å². The number of guanidine groups is 1. The Morgan fingerprint density at radius 3 is 3.00 bits per heavy atom. The van der Waals surface area contributed by atoms with E-state index in [0.717, 1.165) is 52.2 Å². The topological polar surface area (TPSA) is 66.1 Å². The molecule has 2 unspecified atom stereocenters. The summed E-state index contributed by atoms with van der Waals surface area (Å²) < 4.78 is 5.54. The van der Waals surface area contributed by atoms with Gasteiger partial charge in [0, 0.05) is 38.8 Å². The number of piperazine rings is 1. The maximum Gasteiger partial charge on any atom is 0.188 e. The van der Waals surface area contributed by atoms with E-state index >= 15 is 0 Å². The van der Waals surface area contributed by atoms with Gasteiger partial charge in [0.1, 0.15) is 0 Å². The van der Waals surface area contributed by atoms with Crippen LogP contribution in [0, 0.1) is 0 Å². The van der Waals surface area contributed by atoms with Crippen LogP contribution in [0.2, 0.25) is 0 Å². The first-order valence-corrected chi connectivity index (χ1v) is 7.19. The molecule has 2 fully saturated rings. The summed E-state index contributed by atoms with van der Waals surface area (Å²) in [6, 6.07) is 0.460. The van der Waals surface area contributed by atoms with E-state index in [1.54, 1.807) is 0 Å². The lowest BCUT2D eigenvalue weighted by molar-refractivity contribution is 0.113. The molecule has 2 aliphatic heterocycles. The van der Waals surface area contributed by atoms with Crippen LogP contribution in [0.1, 0.15) is 12.8 Å². The molecule has 0 saturated carbocycles. The molecule has 6 heteroatoms. The largest absolute Gasteiger partial charge is 0.376 e. The SMILES string of the molecule is CN1CCN(C)C(CN=C(N)NCC2CCCO2)C1. The highest BCUT2D eigenvalue weighted by Crippen LogP contribution is 2.10. The van der Waals surface area contributed by atoms with Gasteiger partial charge in [-0.3, -0.25) is 9.89 Å². The van der Waals surface area contributed by atoms with Gasteiger partial charge in [0.2, 0.25) is 0 Å². The Morgan fingerprint density at radius 1 is 1.42 bits per heavy atom. The first-order valence-electron chi connectivity index (χ1n) is 7.19. The minimum Gasteiger partial charge on any atom is -0.376 e. The molecule has 0 aromatic carbocycles. The predicted molar refractivity (Wildman–Crippen MR) is 77.4 cm³/mol. The third kappa shape index (κ3) is 4.63. The second-order valence-electron chi connectivity index (χ2n) is 5.64. The van der Waals surface area contributed by atoms with Crippen LogP contribution >= 0.6 is 0 Å². The van der Waals surface area contributed by atoms with Gasteiger partial charge in [0.15, 0.2) is 5.96 Å². The monoisotopic (exact) mass is 269 g/mol. The van der Waals surface area contributed by atoms with E-state index in [4.69, 9.17) is 10.5 Å². The number of likely N-dealkylation sites (N-methyl/N-ethyl adjacent to an activating group) is 2. The minimum atomic E-state index is 0.303. The molecule has 0 spiro atoms. The number of aliphatic imine (C=N–C) groups is 1. The van der Waals surface area contributed by atoms with E-state index in [1.165, 1.54) is 0 Å². The van der Waals surface area contributed by atoms with Gasteiger partial charge >= 0.3 is 0 Å². The van der Waals surface area contributed by atoms with Crippen LogP contribution in [0.25, 0.3) is 0 Å². The van der Waals surface area contributed by atoms with Crippen molar-refractivity contribution in [3.05, 3.63) is 0 Å². The standard InChI is InChI=1S/C13H27N5O/c1-17-5-6-18(2)11(10-17)8-15-13(14)16-9-12-4-3-7-19-12/h11-12H,3-10H2,1-2H3,(H3,14,15,16). The quantitative estimate of drug-likeness (QED) is 0.523. The molecule has 0 radical (unpaired) electrons. The minimum absolute atomic E-state index is 0.303. The summed E-state index contributed by atoms with van der Waals surface area (Å²) in [7, 11) is 4.31. The third-order valence-corrected chi connectivity index (χ3v) is 3.99. The lowest BCUT2D eigenvalue weighted by Gasteiger charge is -2.36. The van der Waals surface area contributed by atoms with Gasteiger partial charge in [-0.05, 0) is 26.9 Å². The lowest BCUT2D eigenvalue weighted by Crippen LogP contribution is -2.51. The van der Waals surface area contributed by atoms with E-state index in [2.05, 4.69) is 34.2 Å². The second-order valence-corrected chi connectivity index (χ2v) is 5.64. The Bertz CT molecular complexity index is 303. The maximum atomic E-state index is 5.90. The van der Waals surface area contributed by atoms with E-state index in [-0.39, 0.29) is 0 Å². The summed E-state index contributed by atoms with van der Waals surface area (Å²) in [6.45, 7) is 5.69. The van der Waals surface area contributed by atoms with Crippen LogP contribution in [0.15, 0.2) is 4.99 Å². The molecule has 110 valence electrons. The van der Waals surface area contributed by atoms with Crippen LogP contribution < -0.4 is 11.1 Å². The molecular weight excluding hydrogens is 242 g/mol. The Balaban J connectivity index is 1.70. The Kier molecular flexibility index (Phi) is 5.42. The molecule has 2 atom stereocenters. The number of hydrogen-bond acceptors (Lipinski definition) is 4. The molecule has 0 aromatic rings. The Labute approximate surface area is 116 Å². The average molecular weight is 269 g/mol. The molecule has 2 aliphatic rings. The number of hydrogen-bond donors (Lipinski definition) is 2. The van der Waals surface area contributed by atoms with Gasteiger partial charge < -0.3 is 20.7 Å². The van der Waals surface area contributed by atoms with Crippen LogP contribution in [0.3, 0.4) is 0 Å². The van der Waals surface area contributed by atoms with Gasteiger partial charge in [-0.25, -0.2) is 0 Å². The zero-order valence-electron chi connectivity index (χ0n) is 12.1. The fourth-order valence-corrected chi connectivity index (χ4v) is 2.58. The smallest absolute Gasteiger partial charge is 0.188 e. The van der Waals surface area contributed by atoms with Crippen molar-refractivity contribution in [1.29, 1.82) is 0 Å². The van der Waals surface area contributed by atoms with Crippen molar-refractivity contribution in [2.24, 2.45) is 10.7 Å². The highest BCUT2D eigenvalue weighted by Gasteiger charge is 2.21. The van der Waals surface area contributed by atoms with Crippen molar-refractivity contribution in [3.8, 4) is 0 Å². The first kappa shape index (κ1) is 14.6. The fraction of sp³-hybridized carbons (Fsp3) is 0.923.